The first-order chi connectivity index (χ1) is 8.71. The number of nitrogens with one attached hydrogen (secondary N) is 1. The van der Waals surface area contributed by atoms with Crippen molar-refractivity contribution in [1.82, 2.24) is 0 Å². The van der Waals surface area contributed by atoms with Gasteiger partial charge in [-0.2, -0.15) is 0 Å². The standard InChI is InChI=1S/C15H17NO2/c1-4-12-7-6-8-14(11-12)16-10-9-13(5-2)15(17)18-3/h1,6-9,11,16H,5,10H2,2-3H3/b13-9-. The summed E-state index contributed by atoms with van der Waals surface area (Å²) in [6.45, 7) is 2.48. The van der Waals surface area contributed by atoms with Crippen LogP contribution >= 0.6 is 0 Å². The van der Waals surface area contributed by atoms with Crippen molar-refractivity contribution >= 4 is 11.7 Å². The van der Waals surface area contributed by atoms with Crippen molar-refractivity contribution in [1.29, 1.82) is 0 Å². The number of hydrogen-bond donors (Lipinski definition) is 1. The number of ether oxygens (including phenoxy) is 1. The van der Waals surface area contributed by atoms with Crippen LogP contribution in [-0.2, 0) is 9.53 Å². The molecular weight excluding hydrogens is 226 g/mol. The molecule has 3 heteroatoms. The topological polar surface area (TPSA) is 38.3 Å². The predicted octanol–water partition coefficient (Wildman–Crippen LogP) is 2.59. The Balaban J connectivity index is 2.62. The Morgan fingerprint density at radius 1 is 1.56 bits per heavy atom. The number of carbonyl (C=O) groups excluding carboxylic acids is 1. The monoisotopic (exact) mass is 243 g/mol. The molecule has 0 radical (unpaired) electrons. The van der Waals surface area contributed by atoms with E-state index in [2.05, 4.69) is 16.0 Å². The molecule has 0 aromatic heterocycles. The second-order valence-corrected chi connectivity index (χ2v) is 3.68. The number of terminal acetylenes is 1. The average Bonchev–Trinajstić information content (AvgIpc) is 2.43. The second-order valence-electron chi connectivity index (χ2n) is 3.68. The van der Waals surface area contributed by atoms with Crippen LogP contribution in [0.15, 0.2) is 35.9 Å². The molecule has 1 rings (SSSR count). The summed E-state index contributed by atoms with van der Waals surface area (Å²) in [6.07, 6.45) is 7.80. The summed E-state index contributed by atoms with van der Waals surface area (Å²) in [6, 6.07) is 7.57. The number of anilines is 1. The lowest BCUT2D eigenvalue weighted by molar-refractivity contribution is -0.136. The third kappa shape index (κ3) is 3.99. The molecule has 0 unspecified atom stereocenters. The molecule has 0 saturated carbocycles. The molecule has 0 spiro atoms. The van der Waals surface area contributed by atoms with Crippen molar-refractivity contribution < 1.29 is 9.53 Å². The minimum absolute atomic E-state index is 0.281. The van der Waals surface area contributed by atoms with Crippen LogP contribution in [0.4, 0.5) is 5.69 Å². The maximum absolute atomic E-state index is 11.3. The molecule has 0 aliphatic rings. The van der Waals surface area contributed by atoms with E-state index in [-0.39, 0.29) is 5.97 Å². The highest BCUT2D eigenvalue weighted by Crippen LogP contribution is 2.10. The molecule has 0 atom stereocenters. The van der Waals surface area contributed by atoms with E-state index >= 15 is 0 Å². The molecule has 1 N–H and O–H groups in total. The summed E-state index contributed by atoms with van der Waals surface area (Å²) >= 11 is 0. The lowest BCUT2D eigenvalue weighted by atomic mass is 10.2. The maximum Gasteiger partial charge on any atom is 0.333 e. The van der Waals surface area contributed by atoms with Crippen LogP contribution in [0.2, 0.25) is 0 Å². The third-order valence-corrected chi connectivity index (χ3v) is 2.51. The quantitative estimate of drug-likeness (QED) is 0.491. The molecule has 0 heterocycles. The van der Waals surface area contributed by atoms with Crippen molar-refractivity contribution in [3.05, 3.63) is 41.5 Å². The number of benzene rings is 1. The van der Waals surface area contributed by atoms with E-state index in [1.54, 1.807) is 0 Å². The van der Waals surface area contributed by atoms with Crippen molar-refractivity contribution in [3.8, 4) is 12.3 Å². The van der Waals surface area contributed by atoms with Crippen LogP contribution in [0, 0.1) is 12.3 Å². The molecule has 94 valence electrons. The van der Waals surface area contributed by atoms with Gasteiger partial charge in [0, 0.05) is 23.4 Å². The van der Waals surface area contributed by atoms with Crippen molar-refractivity contribution in [2.75, 3.05) is 19.0 Å². The van der Waals surface area contributed by atoms with E-state index in [1.807, 2.05) is 37.3 Å². The highest BCUT2D eigenvalue weighted by Gasteiger charge is 2.05. The minimum Gasteiger partial charge on any atom is -0.466 e. The maximum atomic E-state index is 11.3. The molecule has 18 heavy (non-hydrogen) atoms. The first-order valence-corrected chi connectivity index (χ1v) is 5.79. The normalized spacial score (nSPS) is 10.6. The van der Waals surface area contributed by atoms with Gasteiger partial charge in [-0.3, -0.25) is 0 Å². The second kappa shape index (κ2) is 7.18. The van der Waals surface area contributed by atoms with Crippen molar-refractivity contribution in [3.63, 3.8) is 0 Å². The Bertz CT molecular complexity index is 484. The fraction of sp³-hybridized carbons (Fsp3) is 0.267. The first kappa shape index (κ1) is 13.9. The van der Waals surface area contributed by atoms with Crippen LogP contribution in [0.5, 0.6) is 0 Å². The molecule has 0 amide bonds. The van der Waals surface area contributed by atoms with E-state index in [4.69, 9.17) is 6.42 Å². The zero-order valence-electron chi connectivity index (χ0n) is 10.7. The summed E-state index contributed by atoms with van der Waals surface area (Å²) in [4.78, 5) is 11.3. The van der Waals surface area contributed by atoms with Gasteiger partial charge >= 0.3 is 5.97 Å². The van der Waals surface area contributed by atoms with E-state index in [1.165, 1.54) is 7.11 Å². The molecule has 0 saturated heterocycles. The van der Waals surface area contributed by atoms with Gasteiger partial charge in [0.05, 0.1) is 7.11 Å². The molecule has 3 nitrogen and oxygen atoms in total. The van der Waals surface area contributed by atoms with E-state index in [0.717, 1.165) is 11.3 Å². The van der Waals surface area contributed by atoms with Gasteiger partial charge in [0.2, 0.25) is 0 Å². The zero-order valence-corrected chi connectivity index (χ0v) is 10.7. The third-order valence-electron chi connectivity index (χ3n) is 2.51. The molecule has 0 bridgehead atoms. The predicted molar refractivity (Wildman–Crippen MR) is 73.3 cm³/mol. The summed E-state index contributed by atoms with van der Waals surface area (Å²) in [5.41, 5.74) is 2.42. The highest BCUT2D eigenvalue weighted by molar-refractivity contribution is 5.88. The summed E-state index contributed by atoms with van der Waals surface area (Å²) < 4.78 is 4.68. The molecule has 1 aromatic carbocycles. The molecule has 1 aromatic rings. The average molecular weight is 243 g/mol. The number of esters is 1. The fourth-order valence-electron chi connectivity index (χ4n) is 1.51. The van der Waals surface area contributed by atoms with Crippen molar-refractivity contribution in [2.24, 2.45) is 0 Å². The van der Waals surface area contributed by atoms with Gasteiger partial charge in [-0.25, -0.2) is 4.79 Å². The first-order valence-electron chi connectivity index (χ1n) is 5.79. The minimum atomic E-state index is -0.281. The SMILES string of the molecule is C#Cc1cccc(NC/C=C(/CC)C(=O)OC)c1. The van der Waals surface area contributed by atoms with Gasteiger partial charge in [-0.1, -0.05) is 25.0 Å². The lowest BCUT2D eigenvalue weighted by Crippen LogP contribution is -2.07. The zero-order chi connectivity index (χ0) is 13.4. The summed E-state index contributed by atoms with van der Waals surface area (Å²) in [7, 11) is 1.38. The largest absolute Gasteiger partial charge is 0.466 e. The van der Waals surface area contributed by atoms with Crippen LogP contribution in [0.3, 0.4) is 0 Å². The molecule has 0 fully saturated rings. The van der Waals surface area contributed by atoms with Gasteiger partial charge in [0.15, 0.2) is 0 Å². The van der Waals surface area contributed by atoms with Crippen LogP contribution in [-0.4, -0.2) is 19.6 Å². The van der Waals surface area contributed by atoms with Gasteiger partial charge in [0.25, 0.3) is 0 Å². The lowest BCUT2D eigenvalue weighted by Gasteiger charge is -2.06. The Hall–Kier alpha value is -2.21. The fourth-order valence-corrected chi connectivity index (χ4v) is 1.51. The van der Waals surface area contributed by atoms with Crippen LogP contribution < -0.4 is 5.32 Å². The highest BCUT2D eigenvalue weighted by atomic mass is 16.5. The van der Waals surface area contributed by atoms with Gasteiger partial charge in [-0.05, 0) is 24.6 Å². The van der Waals surface area contributed by atoms with Gasteiger partial charge in [0.1, 0.15) is 0 Å². The molecule has 0 aliphatic carbocycles. The van der Waals surface area contributed by atoms with Crippen LogP contribution in [0.25, 0.3) is 0 Å². The Morgan fingerprint density at radius 3 is 2.94 bits per heavy atom. The Labute approximate surface area is 108 Å². The number of hydrogen-bond acceptors (Lipinski definition) is 3. The summed E-state index contributed by atoms with van der Waals surface area (Å²) in [5.74, 6) is 2.29. The number of carbonyl (C=O) groups is 1. The van der Waals surface area contributed by atoms with Crippen molar-refractivity contribution in [2.45, 2.75) is 13.3 Å². The smallest absolute Gasteiger partial charge is 0.333 e. The van der Waals surface area contributed by atoms with E-state index in [9.17, 15) is 4.79 Å². The van der Waals surface area contributed by atoms with E-state index < -0.39 is 0 Å². The van der Waals surface area contributed by atoms with E-state index in [0.29, 0.717) is 18.5 Å². The van der Waals surface area contributed by atoms with Gasteiger partial charge < -0.3 is 10.1 Å². The molecular formula is C15H17NO2. The number of rotatable bonds is 5. The summed E-state index contributed by atoms with van der Waals surface area (Å²) in [5, 5.41) is 3.18. The number of methoxy groups -OCH3 is 1. The van der Waals surface area contributed by atoms with Gasteiger partial charge in [-0.15, -0.1) is 6.42 Å². The Kier molecular flexibility index (Phi) is 5.53. The van der Waals surface area contributed by atoms with Crippen LogP contribution in [0.1, 0.15) is 18.9 Å². The molecule has 0 aliphatic heterocycles. The Morgan fingerprint density at radius 2 is 2.33 bits per heavy atom.